The number of aromatic amines is 1. The minimum atomic E-state index is -0.207. The Hall–Kier alpha value is -3.52. The van der Waals surface area contributed by atoms with Crippen LogP contribution in [0, 0.1) is 0 Å². The number of anilines is 2. The molecule has 0 saturated carbocycles. The molecule has 2 aromatic carbocycles. The Morgan fingerprint density at radius 1 is 1.06 bits per heavy atom. The van der Waals surface area contributed by atoms with Gasteiger partial charge in [0.1, 0.15) is 0 Å². The predicted octanol–water partition coefficient (Wildman–Crippen LogP) is 4.20. The maximum absolute atomic E-state index is 12.6. The van der Waals surface area contributed by atoms with Crippen LogP contribution in [-0.4, -0.2) is 54.0 Å². The Labute approximate surface area is 187 Å². The highest BCUT2D eigenvalue weighted by Gasteiger charge is 2.15. The van der Waals surface area contributed by atoms with Crippen molar-refractivity contribution >= 4 is 17.4 Å². The van der Waals surface area contributed by atoms with Gasteiger partial charge in [0.2, 0.25) is 6.79 Å². The molecule has 1 aliphatic rings. The third-order valence-corrected chi connectivity index (χ3v) is 5.52. The van der Waals surface area contributed by atoms with Crippen LogP contribution in [-0.2, 0) is 0 Å². The zero-order valence-corrected chi connectivity index (χ0v) is 18.5. The lowest BCUT2D eigenvalue weighted by atomic mass is 10.1. The normalized spacial score (nSPS) is 12.2. The number of nitrogens with one attached hydrogen (secondary N) is 3. The molecule has 168 valence electrons. The number of nitrogens with zero attached hydrogens (tertiary/aromatic N) is 2. The molecule has 0 spiro atoms. The van der Waals surface area contributed by atoms with Crippen LogP contribution in [0.15, 0.2) is 48.5 Å². The van der Waals surface area contributed by atoms with E-state index in [2.05, 4.69) is 39.6 Å². The zero-order valence-electron chi connectivity index (χ0n) is 18.5. The summed E-state index contributed by atoms with van der Waals surface area (Å²) in [4.78, 5) is 15.0. The van der Waals surface area contributed by atoms with Crippen LogP contribution < -0.4 is 20.1 Å². The fraction of sp³-hybridized carbons (Fsp3) is 0.333. The standard InChI is InChI=1S/C24H29N5O3/c1-3-29(4-2)13-5-12-25-19-9-6-17(7-10-19)24(30)26-23-15-20(27-28-23)18-8-11-21-22(14-18)32-16-31-21/h6-11,14-15,25H,3-5,12-13,16H2,1-2H3,(H2,26,27,28,30). The van der Waals surface area contributed by atoms with Gasteiger partial charge in [-0.3, -0.25) is 9.89 Å². The van der Waals surface area contributed by atoms with E-state index in [1.807, 2.05) is 42.5 Å². The number of rotatable bonds is 10. The third-order valence-electron chi connectivity index (χ3n) is 5.52. The van der Waals surface area contributed by atoms with Crippen LogP contribution >= 0.6 is 0 Å². The highest BCUT2D eigenvalue weighted by atomic mass is 16.7. The van der Waals surface area contributed by atoms with Crippen LogP contribution in [0.25, 0.3) is 11.3 Å². The molecule has 1 amide bonds. The Balaban J connectivity index is 1.30. The van der Waals surface area contributed by atoms with Crippen LogP contribution in [0.1, 0.15) is 30.6 Å². The number of ether oxygens (including phenoxy) is 2. The van der Waals surface area contributed by atoms with Crippen molar-refractivity contribution in [2.24, 2.45) is 0 Å². The van der Waals surface area contributed by atoms with Crippen molar-refractivity contribution in [2.75, 3.05) is 43.6 Å². The summed E-state index contributed by atoms with van der Waals surface area (Å²) in [5, 5.41) is 13.4. The molecule has 4 rings (SSSR count). The summed E-state index contributed by atoms with van der Waals surface area (Å²) in [6.45, 7) is 8.73. The average Bonchev–Trinajstić information content (AvgIpc) is 3.48. The van der Waals surface area contributed by atoms with Crippen molar-refractivity contribution in [1.82, 2.24) is 15.1 Å². The summed E-state index contributed by atoms with van der Waals surface area (Å²) >= 11 is 0. The van der Waals surface area contributed by atoms with E-state index in [4.69, 9.17) is 9.47 Å². The fourth-order valence-corrected chi connectivity index (χ4v) is 3.60. The van der Waals surface area contributed by atoms with Crippen molar-refractivity contribution in [1.29, 1.82) is 0 Å². The summed E-state index contributed by atoms with van der Waals surface area (Å²) < 4.78 is 10.8. The van der Waals surface area contributed by atoms with Gasteiger partial charge in [-0.2, -0.15) is 5.10 Å². The molecule has 0 aliphatic carbocycles. The first kappa shape index (κ1) is 21.7. The van der Waals surface area contributed by atoms with E-state index in [1.165, 1.54) is 0 Å². The van der Waals surface area contributed by atoms with Crippen molar-refractivity contribution < 1.29 is 14.3 Å². The molecule has 32 heavy (non-hydrogen) atoms. The van der Waals surface area contributed by atoms with Gasteiger partial charge >= 0.3 is 0 Å². The number of carbonyl (C=O) groups is 1. The molecule has 8 heteroatoms. The molecule has 3 aromatic rings. The highest BCUT2D eigenvalue weighted by Crippen LogP contribution is 2.35. The van der Waals surface area contributed by atoms with Gasteiger partial charge in [0.05, 0.1) is 5.69 Å². The molecule has 0 saturated heterocycles. The number of benzene rings is 2. The predicted molar refractivity (Wildman–Crippen MR) is 125 cm³/mol. The Bertz CT molecular complexity index is 1040. The van der Waals surface area contributed by atoms with E-state index in [0.29, 0.717) is 17.1 Å². The molecule has 3 N–H and O–H groups in total. The molecule has 1 aromatic heterocycles. The lowest BCUT2D eigenvalue weighted by molar-refractivity contribution is 0.102. The van der Waals surface area contributed by atoms with E-state index < -0.39 is 0 Å². The van der Waals surface area contributed by atoms with Crippen LogP contribution in [0.3, 0.4) is 0 Å². The molecular weight excluding hydrogens is 406 g/mol. The summed E-state index contributed by atoms with van der Waals surface area (Å²) in [6.07, 6.45) is 1.08. The SMILES string of the molecule is CCN(CC)CCCNc1ccc(C(=O)Nc2cc(-c3ccc4c(c3)OCO4)[nH]n2)cc1. The number of fused-ring (bicyclic) bond motifs is 1. The van der Waals surface area contributed by atoms with Crippen molar-refractivity contribution in [2.45, 2.75) is 20.3 Å². The number of amides is 1. The number of H-pyrrole nitrogens is 1. The smallest absolute Gasteiger partial charge is 0.256 e. The number of carbonyl (C=O) groups excluding carboxylic acids is 1. The molecule has 8 nitrogen and oxygen atoms in total. The van der Waals surface area contributed by atoms with Gasteiger partial charge in [0.15, 0.2) is 17.3 Å². The van der Waals surface area contributed by atoms with E-state index in [0.717, 1.165) is 55.3 Å². The van der Waals surface area contributed by atoms with Gasteiger partial charge in [0.25, 0.3) is 5.91 Å². The summed E-state index contributed by atoms with van der Waals surface area (Å²) in [5.74, 6) is 1.68. The largest absolute Gasteiger partial charge is 0.454 e. The van der Waals surface area contributed by atoms with Gasteiger partial charge in [-0.25, -0.2) is 0 Å². The summed E-state index contributed by atoms with van der Waals surface area (Å²) in [6, 6.07) is 14.9. The molecule has 2 heterocycles. The monoisotopic (exact) mass is 435 g/mol. The second kappa shape index (κ2) is 10.2. The first-order chi connectivity index (χ1) is 15.7. The highest BCUT2D eigenvalue weighted by molar-refractivity contribution is 6.04. The van der Waals surface area contributed by atoms with Gasteiger partial charge in [-0.1, -0.05) is 13.8 Å². The van der Waals surface area contributed by atoms with Crippen LogP contribution in [0.2, 0.25) is 0 Å². The Kier molecular flexibility index (Phi) is 6.91. The molecule has 0 radical (unpaired) electrons. The molecule has 1 aliphatic heterocycles. The molecule has 0 bridgehead atoms. The Morgan fingerprint density at radius 3 is 2.62 bits per heavy atom. The van der Waals surface area contributed by atoms with Crippen molar-refractivity contribution in [3.8, 4) is 22.8 Å². The van der Waals surface area contributed by atoms with Crippen molar-refractivity contribution in [3.63, 3.8) is 0 Å². The summed E-state index contributed by atoms with van der Waals surface area (Å²) in [7, 11) is 0. The average molecular weight is 436 g/mol. The van der Waals surface area contributed by atoms with Crippen LogP contribution in [0.4, 0.5) is 11.5 Å². The van der Waals surface area contributed by atoms with E-state index in [1.54, 1.807) is 6.07 Å². The second-order valence-electron chi connectivity index (χ2n) is 7.57. The first-order valence-corrected chi connectivity index (χ1v) is 11.0. The van der Waals surface area contributed by atoms with Gasteiger partial charge in [-0.15, -0.1) is 0 Å². The molecule has 0 unspecified atom stereocenters. The van der Waals surface area contributed by atoms with Crippen LogP contribution in [0.5, 0.6) is 11.5 Å². The van der Waals surface area contributed by atoms with E-state index in [-0.39, 0.29) is 12.7 Å². The first-order valence-electron chi connectivity index (χ1n) is 11.0. The minimum Gasteiger partial charge on any atom is -0.454 e. The summed E-state index contributed by atoms with van der Waals surface area (Å²) in [5.41, 5.74) is 3.26. The topological polar surface area (TPSA) is 91.5 Å². The van der Waals surface area contributed by atoms with Gasteiger partial charge in [-0.05, 0) is 68.5 Å². The maximum Gasteiger partial charge on any atom is 0.256 e. The van der Waals surface area contributed by atoms with Gasteiger partial charge < -0.3 is 25.0 Å². The lowest BCUT2D eigenvalue weighted by Gasteiger charge is -2.17. The third kappa shape index (κ3) is 5.20. The number of aromatic nitrogens is 2. The Morgan fingerprint density at radius 2 is 1.84 bits per heavy atom. The molecule has 0 fully saturated rings. The number of hydrogen-bond acceptors (Lipinski definition) is 6. The van der Waals surface area contributed by atoms with Crippen molar-refractivity contribution in [3.05, 3.63) is 54.1 Å². The zero-order chi connectivity index (χ0) is 22.3. The quantitative estimate of drug-likeness (QED) is 0.414. The lowest BCUT2D eigenvalue weighted by Crippen LogP contribution is -2.25. The molecular formula is C24H29N5O3. The van der Waals surface area contributed by atoms with E-state index >= 15 is 0 Å². The second-order valence-corrected chi connectivity index (χ2v) is 7.57. The van der Waals surface area contributed by atoms with E-state index in [9.17, 15) is 4.79 Å². The van der Waals surface area contributed by atoms with Gasteiger partial charge in [0, 0.05) is 29.4 Å². The maximum atomic E-state index is 12.6. The molecule has 0 atom stereocenters. The minimum absolute atomic E-state index is 0.207. The fourth-order valence-electron chi connectivity index (χ4n) is 3.60. The number of hydrogen-bond donors (Lipinski definition) is 3.